The third-order valence-electron chi connectivity index (χ3n) is 11.3. The first-order valence-electron chi connectivity index (χ1n) is 19.1. The predicted octanol–water partition coefficient (Wildman–Crippen LogP) is 5.82. The highest BCUT2D eigenvalue weighted by molar-refractivity contribution is 6.06. The molecule has 6 atom stereocenters. The number of benzene rings is 2. The molecule has 2 aliphatic heterocycles. The van der Waals surface area contributed by atoms with Crippen LogP contribution in [0.3, 0.4) is 0 Å². The number of rotatable bonds is 12. The maximum atomic E-state index is 13.7. The summed E-state index contributed by atoms with van der Waals surface area (Å²) in [5.74, 6) is 0.166. The van der Waals surface area contributed by atoms with Crippen LogP contribution in [-0.2, 0) is 28.5 Å². The van der Waals surface area contributed by atoms with Gasteiger partial charge in [-0.1, -0.05) is 12.1 Å². The Kier molecular flexibility index (Phi) is 11.5. The fourth-order valence-electron chi connectivity index (χ4n) is 7.97. The zero-order valence-electron chi connectivity index (χ0n) is 32.9. The minimum Gasteiger partial charge on any atom is -0.456 e. The van der Waals surface area contributed by atoms with E-state index in [-0.39, 0.29) is 23.9 Å². The summed E-state index contributed by atoms with van der Waals surface area (Å²) in [5, 5.41) is 7.20. The molecule has 16 heteroatoms. The highest BCUT2D eigenvalue weighted by Gasteiger charge is 2.40. The molecule has 16 nitrogen and oxygen atoms in total. The first-order valence-corrected chi connectivity index (χ1v) is 19.1. The van der Waals surface area contributed by atoms with Crippen molar-refractivity contribution in [1.82, 2.24) is 35.4 Å². The van der Waals surface area contributed by atoms with Gasteiger partial charge in [0.25, 0.3) is 0 Å². The number of ether oxygens (including phenoxy) is 4. The van der Waals surface area contributed by atoms with Crippen molar-refractivity contribution in [2.75, 3.05) is 41.5 Å². The molecule has 7 rings (SSSR count). The van der Waals surface area contributed by atoms with Crippen LogP contribution < -0.4 is 10.6 Å². The second kappa shape index (κ2) is 16.7. The number of fused-ring (bicyclic) bond motifs is 3. The molecule has 0 spiro atoms. The number of alkyl carbamates (subject to hydrolysis) is 2. The number of hydrogen-bond donors (Lipinski definition) is 4. The lowest BCUT2D eigenvalue weighted by atomic mass is 10.1. The molecule has 302 valence electrons. The molecule has 2 saturated heterocycles. The normalized spacial score (nSPS) is 19.1. The van der Waals surface area contributed by atoms with Crippen LogP contribution in [0, 0.1) is 0 Å². The molecule has 57 heavy (non-hydrogen) atoms. The van der Waals surface area contributed by atoms with E-state index in [4.69, 9.17) is 23.4 Å². The van der Waals surface area contributed by atoms with Gasteiger partial charge in [0.15, 0.2) is 0 Å². The number of H-pyrrole nitrogens is 2. The Bertz CT molecular complexity index is 2110. The SMILES string of the molecule is COC(=O)N[C@H](C(=O)N1CCCC1c1ncc(-c2ccc3c(c2)oc2cc(-c4ccc([C@@H]5CCCN5C(=O)[C@@H](NC(=O)OC)[C@@H](C)OC)[nH]4)ccc23)[nH]1)[C@@H](C)OC. The topological polar surface area (TPSA) is 193 Å². The van der Waals surface area contributed by atoms with Gasteiger partial charge >= 0.3 is 12.2 Å². The lowest BCUT2D eigenvalue weighted by molar-refractivity contribution is -0.138. The Labute approximate surface area is 329 Å². The van der Waals surface area contributed by atoms with Gasteiger partial charge in [0, 0.05) is 60.6 Å². The lowest BCUT2D eigenvalue weighted by Gasteiger charge is -2.31. The van der Waals surface area contributed by atoms with Gasteiger partial charge in [0.05, 0.1) is 50.4 Å². The van der Waals surface area contributed by atoms with Gasteiger partial charge < -0.3 is 53.8 Å². The summed E-state index contributed by atoms with van der Waals surface area (Å²) in [4.78, 5) is 66.6. The summed E-state index contributed by atoms with van der Waals surface area (Å²) in [6.45, 7) is 4.55. The summed E-state index contributed by atoms with van der Waals surface area (Å²) in [5.41, 5.74) is 5.82. The Balaban J connectivity index is 1.09. The largest absolute Gasteiger partial charge is 0.456 e. The van der Waals surface area contributed by atoms with E-state index in [1.54, 1.807) is 29.8 Å². The summed E-state index contributed by atoms with van der Waals surface area (Å²) in [6.07, 6.45) is 2.36. The first kappa shape index (κ1) is 39.4. The quantitative estimate of drug-likeness (QED) is 0.120. The molecular formula is C41H49N7O9. The number of amides is 4. The Morgan fingerprint density at radius 3 is 1.79 bits per heavy atom. The van der Waals surface area contributed by atoms with Crippen molar-refractivity contribution in [3.63, 3.8) is 0 Å². The van der Waals surface area contributed by atoms with Crippen molar-refractivity contribution in [2.24, 2.45) is 0 Å². The number of furan rings is 1. The van der Waals surface area contributed by atoms with Gasteiger partial charge in [-0.25, -0.2) is 14.6 Å². The number of aromatic amines is 2. The van der Waals surface area contributed by atoms with E-state index >= 15 is 0 Å². The number of carbonyl (C=O) groups is 4. The minimum atomic E-state index is -0.914. The van der Waals surface area contributed by atoms with Crippen LogP contribution in [0.1, 0.15) is 63.1 Å². The molecule has 2 aliphatic rings. The molecule has 0 radical (unpaired) electrons. The van der Waals surface area contributed by atoms with Crippen LogP contribution in [0.5, 0.6) is 0 Å². The second-order valence-electron chi connectivity index (χ2n) is 14.5. The van der Waals surface area contributed by atoms with Crippen molar-refractivity contribution in [1.29, 1.82) is 0 Å². The van der Waals surface area contributed by atoms with Gasteiger partial charge in [0.2, 0.25) is 11.8 Å². The smallest absolute Gasteiger partial charge is 0.407 e. The highest BCUT2D eigenvalue weighted by atomic mass is 16.5. The molecule has 0 bridgehead atoms. The highest BCUT2D eigenvalue weighted by Crippen LogP contribution is 2.38. The summed E-state index contributed by atoms with van der Waals surface area (Å²) in [7, 11) is 5.51. The minimum absolute atomic E-state index is 0.189. The van der Waals surface area contributed by atoms with Gasteiger partial charge in [-0.15, -0.1) is 0 Å². The van der Waals surface area contributed by atoms with Gasteiger partial charge in [-0.05, 0) is 75.9 Å². The number of imidazole rings is 1. The van der Waals surface area contributed by atoms with Crippen LogP contribution in [0.4, 0.5) is 9.59 Å². The van der Waals surface area contributed by atoms with E-state index in [2.05, 4.69) is 25.6 Å². The van der Waals surface area contributed by atoms with Crippen molar-refractivity contribution in [2.45, 2.75) is 75.9 Å². The van der Waals surface area contributed by atoms with E-state index in [0.717, 1.165) is 70.2 Å². The van der Waals surface area contributed by atoms with E-state index in [9.17, 15) is 19.2 Å². The van der Waals surface area contributed by atoms with Crippen molar-refractivity contribution >= 4 is 45.9 Å². The van der Waals surface area contributed by atoms with Crippen LogP contribution in [-0.4, -0.2) is 115 Å². The van der Waals surface area contributed by atoms with Crippen LogP contribution in [0.25, 0.3) is 44.5 Å². The van der Waals surface area contributed by atoms with Crippen molar-refractivity contribution in [3.05, 3.63) is 66.2 Å². The summed E-state index contributed by atoms with van der Waals surface area (Å²) >= 11 is 0. The van der Waals surface area contributed by atoms with E-state index < -0.39 is 36.5 Å². The molecule has 2 fully saturated rings. The number of methoxy groups -OCH3 is 4. The Morgan fingerprint density at radius 1 is 0.719 bits per heavy atom. The van der Waals surface area contributed by atoms with E-state index in [1.165, 1.54) is 28.4 Å². The number of aromatic nitrogens is 3. The number of nitrogens with zero attached hydrogens (tertiary/aromatic N) is 3. The number of carbonyl (C=O) groups excluding carboxylic acids is 4. The van der Waals surface area contributed by atoms with E-state index in [0.29, 0.717) is 24.5 Å². The molecule has 2 aromatic carbocycles. The Hall–Kier alpha value is -5.87. The zero-order valence-corrected chi connectivity index (χ0v) is 32.9. The molecule has 1 unspecified atom stereocenters. The standard InChI is InChI=1S/C41H49N7O9/c1-22(53-3)35(45-40(51)55-5)38(49)47-17-7-9-31(47)29-16-15-28(43-29)24-11-13-26-27-14-12-25(20-34(27)57-33(26)19-24)30-21-42-37(44-30)32-10-8-18-48(32)39(50)36(23(2)54-4)46-41(52)56-6/h11-16,19-23,31-32,35-36,43H,7-10,17-18H2,1-6H3,(H,42,44)(H,45,51)(H,46,52)/t22-,23-,31+,32?,35+,36+/m1/s1. The van der Waals surface area contributed by atoms with Crippen molar-refractivity contribution < 1.29 is 42.5 Å². The van der Waals surface area contributed by atoms with E-state index in [1.807, 2.05) is 48.5 Å². The second-order valence-corrected chi connectivity index (χ2v) is 14.5. The van der Waals surface area contributed by atoms with Crippen molar-refractivity contribution in [3.8, 4) is 22.5 Å². The molecule has 4 amide bonds. The number of nitrogens with one attached hydrogen (secondary N) is 4. The monoisotopic (exact) mass is 783 g/mol. The van der Waals surface area contributed by atoms with Crippen LogP contribution in [0.15, 0.2) is 59.1 Å². The molecule has 5 aromatic rings. The molecule has 0 aliphatic carbocycles. The zero-order chi connectivity index (χ0) is 40.4. The molecule has 0 saturated carbocycles. The lowest BCUT2D eigenvalue weighted by Crippen LogP contribution is -2.54. The average molecular weight is 784 g/mol. The van der Waals surface area contributed by atoms with Gasteiger partial charge in [0.1, 0.15) is 29.1 Å². The summed E-state index contributed by atoms with van der Waals surface area (Å²) in [6, 6.07) is 13.8. The molecule has 5 heterocycles. The maximum absolute atomic E-state index is 13.7. The summed E-state index contributed by atoms with van der Waals surface area (Å²) < 4.78 is 26.8. The van der Waals surface area contributed by atoms with Gasteiger partial charge in [-0.2, -0.15) is 0 Å². The van der Waals surface area contributed by atoms with Crippen LogP contribution in [0.2, 0.25) is 0 Å². The molecule has 3 aromatic heterocycles. The predicted molar refractivity (Wildman–Crippen MR) is 210 cm³/mol. The van der Waals surface area contributed by atoms with Gasteiger partial charge in [-0.3, -0.25) is 9.59 Å². The maximum Gasteiger partial charge on any atom is 0.407 e. The molecular weight excluding hydrogens is 734 g/mol. The third-order valence-corrected chi connectivity index (χ3v) is 11.3. The Morgan fingerprint density at radius 2 is 1.25 bits per heavy atom. The third kappa shape index (κ3) is 7.79. The van der Waals surface area contributed by atoms with Crippen LogP contribution >= 0.6 is 0 Å². The fourth-order valence-corrected chi connectivity index (χ4v) is 7.97. The molecule has 4 N–H and O–H groups in total. The number of hydrogen-bond acceptors (Lipinski definition) is 10. The first-order chi connectivity index (χ1) is 27.5. The fraction of sp³-hybridized carbons (Fsp3) is 0.439. The average Bonchev–Trinajstić information content (AvgIpc) is 4.08. The number of likely N-dealkylation sites (tertiary alicyclic amines) is 2.